The number of halogens is 2. The summed E-state index contributed by atoms with van der Waals surface area (Å²) < 4.78 is 30.4. The van der Waals surface area contributed by atoms with Gasteiger partial charge >= 0.3 is 0 Å². The molecule has 4 nitrogen and oxygen atoms in total. The zero-order valence-electron chi connectivity index (χ0n) is 10.2. The van der Waals surface area contributed by atoms with Crippen molar-refractivity contribution < 1.29 is 13.5 Å². The maximum Gasteiger partial charge on any atom is 0.261 e. The molecule has 98 valence electrons. The summed E-state index contributed by atoms with van der Waals surface area (Å²) >= 11 is 0. The molecular weight excluding hydrogens is 228 g/mol. The van der Waals surface area contributed by atoms with Gasteiger partial charge in [-0.1, -0.05) is 6.92 Å². The van der Waals surface area contributed by atoms with Crippen LogP contribution in [0.2, 0.25) is 0 Å². The van der Waals surface area contributed by atoms with Crippen LogP contribution in [-0.4, -0.2) is 36.0 Å². The van der Waals surface area contributed by atoms with E-state index < -0.39 is 13.0 Å². The molecule has 6 heteroatoms. The van der Waals surface area contributed by atoms with E-state index in [2.05, 4.69) is 10.4 Å². The molecule has 1 aromatic heterocycles. The first-order chi connectivity index (χ1) is 8.15. The molecule has 0 saturated carbocycles. The van der Waals surface area contributed by atoms with Gasteiger partial charge in [0.15, 0.2) is 0 Å². The van der Waals surface area contributed by atoms with Crippen molar-refractivity contribution in [2.24, 2.45) is 7.05 Å². The molecule has 0 aliphatic carbocycles. The monoisotopic (exact) mass is 247 g/mol. The molecule has 0 aromatic carbocycles. The van der Waals surface area contributed by atoms with Crippen LogP contribution in [-0.2, 0) is 11.8 Å². The SMILES string of the molecule is CCNC(CCOCC(F)F)c1ccnn1C. The van der Waals surface area contributed by atoms with E-state index in [1.165, 1.54) is 0 Å². The van der Waals surface area contributed by atoms with Crippen molar-refractivity contribution in [1.82, 2.24) is 15.1 Å². The Morgan fingerprint density at radius 3 is 2.82 bits per heavy atom. The van der Waals surface area contributed by atoms with Crippen molar-refractivity contribution in [3.05, 3.63) is 18.0 Å². The molecular formula is C11H19F2N3O. The summed E-state index contributed by atoms with van der Waals surface area (Å²) in [5.74, 6) is 0. The second-order valence-corrected chi connectivity index (χ2v) is 3.74. The fraction of sp³-hybridized carbons (Fsp3) is 0.727. The molecule has 1 rings (SSSR count). The molecule has 1 heterocycles. The molecule has 1 aromatic rings. The zero-order chi connectivity index (χ0) is 12.7. The Labute approximate surface area is 100.0 Å². The van der Waals surface area contributed by atoms with E-state index in [0.29, 0.717) is 13.0 Å². The van der Waals surface area contributed by atoms with Gasteiger partial charge in [-0.2, -0.15) is 5.10 Å². The van der Waals surface area contributed by atoms with Crippen LogP contribution in [0.1, 0.15) is 25.1 Å². The Morgan fingerprint density at radius 2 is 2.29 bits per heavy atom. The lowest BCUT2D eigenvalue weighted by molar-refractivity contribution is 0.0142. The average Bonchev–Trinajstić information content (AvgIpc) is 2.69. The van der Waals surface area contributed by atoms with Gasteiger partial charge in [-0.15, -0.1) is 0 Å². The second kappa shape index (κ2) is 7.34. The van der Waals surface area contributed by atoms with Gasteiger partial charge in [-0.25, -0.2) is 8.78 Å². The van der Waals surface area contributed by atoms with Gasteiger partial charge < -0.3 is 10.1 Å². The van der Waals surface area contributed by atoms with Gasteiger partial charge in [-0.3, -0.25) is 4.68 Å². The summed E-state index contributed by atoms with van der Waals surface area (Å²) in [5.41, 5.74) is 1.03. The Morgan fingerprint density at radius 1 is 1.53 bits per heavy atom. The van der Waals surface area contributed by atoms with E-state index in [0.717, 1.165) is 12.2 Å². The predicted octanol–water partition coefficient (Wildman–Crippen LogP) is 1.74. The quantitative estimate of drug-likeness (QED) is 0.711. The highest BCUT2D eigenvalue weighted by Gasteiger charge is 2.13. The predicted molar refractivity (Wildman–Crippen MR) is 61.1 cm³/mol. The summed E-state index contributed by atoms with van der Waals surface area (Å²) in [7, 11) is 1.86. The first-order valence-electron chi connectivity index (χ1n) is 5.72. The molecule has 17 heavy (non-hydrogen) atoms. The van der Waals surface area contributed by atoms with Gasteiger partial charge in [0.2, 0.25) is 0 Å². The highest BCUT2D eigenvalue weighted by atomic mass is 19.3. The van der Waals surface area contributed by atoms with Crippen LogP contribution in [0.15, 0.2) is 12.3 Å². The van der Waals surface area contributed by atoms with Gasteiger partial charge in [0, 0.05) is 19.9 Å². The molecule has 0 bridgehead atoms. The van der Waals surface area contributed by atoms with Crippen LogP contribution in [0, 0.1) is 0 Å². The number of hydrogen-bond acceptors (Lipinski definition) is 3. The summed E-state index contributed by atoms with van der Waals surface area (Å²) in [6.07, 6.45) is -0.0240. The molecule has 0 fully saturated rings. The van der Waals surface area contributed by atoms with Crippen molar-refractivity contribution in [2.45, 2.75) is 25.8 Å². The number of aromatic nitrogens is 2. The minimum Gasteiger partial charge on any atom is -0.375 e. The minimum absolute atomic E-state index is 0.0881. The van der Waals surface area contributed by atoms with Gasteiger partial charge in [-0.05, 0) is 19.0 Å². The number of hydrogen-bond donors (Lipinski definition) is 1. The van der Waals surface area contributed by atoms with Crippen LogP contribution in [0.5, 0.6) is 0 Å². The fourth-order valence-corrected chi connectivity index (χ4v) is 1.70. The molecule has 1 atom stereocenters. The third-order valence-corrected chi connectivity index (χ3v) is 2.46. The summed E-state index contributed by atoms with van der Waals surface area (Å²) in [6, 6.07) is 2.01. The number of nitrogens with one attached hydrogen (secondary N) is 1. The van der Waals surface area contributed by atoms with Crippen LogP contribution >= 0.6 is 0 Å². The standard InChI is InChI=1S/C11H19F2N3O/c1-3-14-9(5-7-17-8-11(12)13)10-4-6-15-16(10)2/h4,6,9,11,14H,3,5,7-8H2,1-2H3. The summed E-state index contributed by atoms with van der Waals surface area (Å²) in [5, 5.41) is 7.38. The number of nitrogens with zero attached hydrogens (tertiary/aromatic N) is 2. The van der Waals surface area contributed by atoms with E-state index in [1.54, 1.807) is 10.9 Å². The summed E-state index contributed by atoms with van der Waals surface area (Å²) in [6.45, 7) is 2.63. The van der Waals surface area contributed by atoms with Crippen molar-refractivity contribution >= 4 is 0 Å². The van der Waals surface area contributed by atoms with Gasteiger partial charge in [0.1, 0.15) is 6.61 Å². The normalized spacial score (nSPS) is 13.2. The van der Waals surface area contributed by atoms with Crippen molar-refractivity contribution in [3.8, 4) is 0 Å². The van der Waals surface area contributed by atoms with E-state index in [-0.39, 0.29) is 6.04 Å². The van der Waals surface area contributed by atoms with Crippen LogP contribution in [0.25, 0.3) is 0 Å². The first-order valence-corrected chi connectivity index (χ1v) is 5.72. The Hall–Kier alpha value is -1.01. The molecule has 0 amide bonds. The van der Waals surface area contributed by atoms with E-state index in [1.807, 2.05) is 20.0 Å². The third-order valence-electron chi connectivity index (χ3n) is 2.46. The number of aryl methyl sites for hydroxylation is 1. The molecule has 0 saturated heterocycles. The Kier molecular flexibility index (Phi) is 6.07. The largest absolute Gasteiger partial charge is 0.375 e. The molecule has 0 radical (unpaired) electrons. The molecule has 1 N–H and O–H groups in total. The number of ether oxygens (including phenoxy) is 1. The first kappa shape index (κ1) is 14.1. The zero-order valence-corrected chi connectivity index (χ0v) is 10.2. The number of rotatable bonds is 8. The Balaban J connectivity index is 2.41. The lowest BCUT2D eigenvalue weighted by Crippen LogP contribution is -2.24. The van der Waals surface area contributed by atoms with E-state index in [4.69, 9.17) is 4.74 Å². The maximum absolute atomic E-state index is 11.9. The second-order valence-electron chi connectivity index (χ2n) is 3.74. The highest BCUT2D eigenvalue weighted by molar-refractivity contribution is 5.06. The van der Waals surface area contributed by atoms with Crippen LogP contribution < -0.4 is 5.32 Å². The third kappa shape index (κ3) is 4.79. The number of alkyl halides is 2. The van der Waals surface area contributed by atoms with Crippen molar-refractivity contribution in [1.29, 1.82) is 0 Å². The van der Waals surface area contributed by atoms with E-state index in [9.17, 15) is 8.78 Å². The van der Waals surface area contributed by atoms with Gasteiger partial charge in [0.05, 0.1) is 11.7 Å². The van der Waals surface area contributed by atoms with Crippen LogP contribution in [0.4, 0.5) is 8.78 Å². The van der Waals surface area contributed by atoms with Crippen LogP contribution in [0.3, 0.4) is 0 Å². The summed E-state index contributed by atoms with van der Waals surface area (Å²) in [4.78, 5) is 0. The highest BCUT2D eigenvalue weighted by Crippen LogP contribution is 2.15. The fourth-order valence-electron chi connectivity index (χ4n) is 1.70. The van der Waals surface area contributed by atoms with Crippen molar-refractivity contribution in [3.63, 3.8) is 0 Å². The molecule has 0 aliphatic heterocycles. The van der Waals surface area contributed by atoms with Crippen molar-refractivity contribution in [2.75, 3.05) is 19.8 Å². The smallest absolute Gasteiger partial charge is 0.261 e. The minimum atomic E-state index is -2.40. The molecule has 1 unspecified atom stereocenters. The molecule has 0 aliphatic rings. The van der Waals surface area contributed by atoms with Gasteiger partial charge in [0.25, 0.3) is 6.43 Å². The van der Waals surface area contributed by atoms with E-state index >= 15 is 0 Å². The molecule has 0 spiro atoms. The Bertz CT molecular complexity index is 317. The lowest BCUT2D eigenvalue weighted by atomic mass is 10.1. The average molecular weight is 247 g/mol. The maximum atomic E-state index is 11.9. The topological polar surface area (TPSA) is 39.1 Å². The lowest BCUT2D eigenvalue weighted by Gasteiger charge is -2.18.